The van der Waals surface area contributed by atoms with Crippen LogP contribution in [-0.4, -0.2) is 61.9 Å². The van der Waals surface area contributed by atoms with Gasteiger partial charge in [-0.3, -0.25) is 4.79 Å². The van der Waals surface area contributed by atoms with Crippen molar-refractivity contribution in [2.45, 2.75) is 0 Å². The molecule has 0 aliphatic carbocycles. The van der Waals surface area contributed by atoms with E-state index in [1.165, 1.54) is 23.4 Å². The summed E-state index contributed by atoms with van der Waals surface area (Å²) in [6, 6.07) is 7.93. The smallest absolute Gasteiger partial charge is 0.274 e. The first kappa shape index (κ1) is 17.3. The monoisotopic (exact) mass is 387 g/mol. The van der Waals surface area contributed by atoms with Gasteiger partial charge in [0.15, 0.2) is 11.5 Å². The van der Waals surface area contributed by atoms with E-state index in [0.717, 1.165) is 5.69 Å². The SMILES string of the molecule is O=C(c1ccc(-n2cncn2)nn1)N1CCN(c2ccc(F)c(Cl)c2)CC1. The maximum Gasteiger partial charge on any atom is 0.274 e. The second kappa shape index (κ2) is 7.28. The Kier molecular flexibility index (Phi) is 4.68. The minimum absolute atomic E-state index is 0.0914. The predicted molar refractivity (Wildman–Crippen MR) is 96.5 cm³/mol. The molecule has 27 heavy (non-hydrogen) atoms. The van der Waals surface area contributed by atoms with Crippen LogP contribution in [0.2, 0.25) is 5.02 Å². The van der Waals surface area contributed by atoms with E-state index in [2.05, 4.69) is 25.2 Å². The van der Waals surface area contributed by atoms with E-state index < -0.39 is 5.82 Å². The molecule has 10 heteroatoms. The van der Waals surface area contributed by atoms with Gasteiger partial charge in [-0.2, -0.15) is 5.10 Å². The molecule has 1 aromatic carbocycles. The molecule has 0 saturated carbocycles. The lowest BCUT2D eigenvalue weighted by molar-refractivity contribution is 0.0739. The molecule has 0 N–H and O–H groups in total. The van der Waals surface area contributed by atoms with Gasteiger partial charge in [0.1, 0.15) is 18.5 Å². The molecule has 4 rings (SSSR count). The molecule has 0 atom stereocenters. The molecule has 3 heterocycles. The highest BCUT2D eigenvalue weighted by molar-refractivity contribution is 6.31. The number of rotatable bonds is 3. The van der Waals surface area contributed by atoms with Crippen molar-refractivity contribution in [3.63, 3.8) is 0 Å². The van der Waals surface area contributed by atoms with Gasteiger partial charge in [0, 0.05) is 31.9 Å². The minimum atomic E-state index is -0.442. The Balaban J connectivity index is 1.40. The van der Waals surface area contributed by atoms with Crippen LogP contribution in [0.15, 0.2) is 43.0 Å². The minimum Gasteiger partial charge on any atom is -0.368 e. The summed E-state index contributed by atoms with van der Waals surface area (Å²) >= 11 is 5.85. The van der Waals surface area contributed by atoms with E-state index in [1.807, 2.05) is 0 Å². The normalized spacial score (nSPS) is 14.4. The van der Waals surface area contributed by atoms with Crippen molar-refractivity contribution in [1.82, 2.24) is 29.9 Å². The number of piperazine rings is 1. The molecule has 1 aliphatic rings. The van der Waals surface area contributed by atoms with Crippen LogP contribution >= 0.6 is 11.6 Å². The average Bonchev–Trinajstić information content (AvgIpc) is 3.25. The summed E-state index contributed by atoms with van der Waals surface area (Å²) in [6.07, 6.45) is 2.90. The van der Waals surface area contributed by atoms with E-state index in [4.69, 9.17) is 11.6 Å². The summed E-state index contributed by atoms with van der Waals surface area (Å²) in [5.41, 5.74) is 1.11. The summed E-state index contributed by atoms with van der Waals surface area (Å²) in [5, 5.41) is 12.1. The van der Waals surface area contributed by atoms with Crippen LogP contribution in [-0.2, 0) is 0 Å². The highest BCUT2D eigenvalue weighted by Crippen LogP contribution is 2.23. The number of anilines is 1. The third-order valence-electron chi connectivity index (χ3n) is 4.36. The van der Waals surface area contributed by atoms with Gasteiger partial charge in [-0.1, -0.05) is 11.6 Å². The second-order valence-electron chi connectivity index (χ2n) is 5.99. The van der Waals surface area contributed by atoms with Crippen LogP contribution in [0.3, 0.4) is 0 Å². The number of amides is 1. The number of hydrogen-bond donors (Lipinski definition) is 0. The fourth-order valence-electron chi connectivity index (χ4n) is 2.90. The zero-order valence-electron chi connectivity index (χ0n) is 14.2. The highest BCUT2D eigenvalue weighted by atomic mass is 35.5. The van der Waals surface area contributed by atoms with Crippen molar-refractivity contribution in [1.29, 1.82) is 0 Å². The molecule has 1 amide bonds. The Morgan fingerprint density at radius 2 is 1.89 bits per heavy atom. The van der Waals surface area contributed by atoms with Crippen molar-refractivity contribution in [2.24, 2.45) is 0 Å². The molecule has 3 aromatic rings. The van der Waals surface area contributed by atoms with Crippen molar-refractivity contribution in [3.8, 4) is 5.82 Å². The van der Waals surface area contributed by atoms with E-state index >= 15 is 0 Å². The summed E-state index contributed by atoms with van der Waals surface area (Å²) in [5.74, 6) is -0.131. The fraction of sp³-hybridized carbons (Fsp3) is 0.235. The van der Waals surface area contributed by atoms with Gasteiger partial charge >= 0.3 is 0 Å². The lowest BCUT2D eigenvalue weighted by Crippen LogP contribution is -2.49. The molecule has 1 saturated heterocycles. The topological polar surface area (TPSA) is 80.0 Å². The molecule has 0 radical (unpaired) electrons. The van der Waals surface area contributed by atoms with Crippen molar-refractivity contribution in [2.75, 3.05) is 31.1 Å². The summed E-state index contributed by atoms with van der Waals surface area (Å²) in [7, 11) is 0. The number of carbonyl (C=O) groups is 1. The standard InChI is InChI=1S/C17H15ClFN7O/c18-13-9-12(1-2-14(13)19)24-5-7-25(8-6-24)17(27)15-3-4-16(23-22-15)26-11-20-10-21-26/h1-4,9-11H,5-8H2. The summed E-state index contributed by atoms with van der Waals surface area (Å²) in [4.78, 5) is 20.3. The Morgan fingerprint density at radius 3 is 2.52 bits per heavy atom. The summed E-state index contributed by atoms with van der Waals surface area (Å²) in [6.45, 7) is 2.30. The first-order valence-electron chi connectivity index (χ1n) is 8.30. The maximum absolute atomic E-state index is 13.3. The van der Waals surface area contributed by atoms with Crippen LogP contribution in [0.4, 0.5) is 10.1 Å². The maximum atomic E-state index is 13.3. The molecule has 1 aliphatic heterocycles. The molecular formula is C17H15ClFN7O. The van der Waals surface area contributed by atoms with Gasteiger partial charge in [-0.25, -0.2) is 14.1 Å². The third-order valence-corrected chi connectivity index (χ3v) is 4.65. The number of hydrogen-bond acceptors (Lipinski definition) is 6. The molecule has 8 nitrogen and oxygen atoms in total. The van der Waals surface area contributed by atoms with Gasteiger partial charge in [0.05, 0.1) is 5.02 Å². The highest BCUT2D eigenvalue weighted by Gasteiger charge is 2.24. The van der Waals surface area contributed by atoms with Crippen LogP contribution in [0.5, 0.6) is 0 Å². The fourth-order valence-corrected chi connectivity index (χ4v) is 3.07. The van der Waals surface area contributed by atoms with Crippen LogP contribution in [0.25, 0.3) is 5.82 Å². The van der Waals surface area contributed by atoms with E-state index in [0.29, 0.717) is 32.0 Å². The van der Waals surface area contributed by atoms with E-state index in [9.17, 15) is 9.18 Å². The lowest BCUT2D eigenvalue weighted by Gasteiger charge is -2.36. The Hall–Kier alpha value is -3.07. The summed E-state index contributed by atoms with van der Waals surface area (Å²) < 4.78 is 14.8. The quantitative estimate of drug-likeness (QED) is 0.682. The van der Waals surface area contributed by atoms with Crippen molar-refractivity contribution in [3.05, 3.63) is 59.5 Å². The van der Waals surface area contributed by atoms with Crippen LogP contribution < -0.4 is 4.90 Å². The Labute approximate surface area is 159 Å². The molecule has 0 unspecified atom stereocenters. The van der Waals surface area contributed by atoms with Crippen LogP contribution in [0.1, 0.15) is 10.5 Å². The zero-order chi connectivity index (χ0) is 18.8. The van der Waals surface area contributed by atoms with Gasteiger partial charge < -0.3 is 9.80 Å². The van der Waals surface area contributed by atoms with Crippen molar-refractivity contribution >= 4 is 23.2 Å². The lowest BCUT2D eigenvalue weighted by atomic mass is 10.2. The van der Waals surface area contributed by atoms with E-state index in [-0.39, 0.29) is 16.6 Å². The molecule has 2 aromatic heterocycles. The van der Waals surface area contributed by atoms with Gasteiger partial charge in [-0.05, 0) is 30.3 Å². The third kappa shape index (κ3) is 3.59. The van der Waals surface area contributed by atoms with Crippen molar-refractivity contribution < 1.29 is 9.18 Å². The van der Waals surface area contributed by atoms with E-state index in [1.54, 1.807) is 29.2 Å². The molecule has 138 valence electrons. The van der Waals surface area contributed by atoms with Gasteiger partial charge in [0.25, 0.3) is 5.91 Å². The number of nitrogens with zero attached hydrogens (tertiary/aromatic N) is 7. The first-order chi connectivity index (χ1) is 13.1. The molecule has 0 bridgehead atoms. The zero-order valence-corrected chi connectivity index (χ0v) is 14.9. The Bertz CT molecular complexity index is 940. The number of carbonyl (C=O) groups excluding carboxylic acids is 1. The number of aromatic nitrogens is 5. The Morgan fingerprint density at radius 1 is 1.07 bits per heavy atom. The molecule has 1 fully saturated rings. The molecular weight excluding hydrogens is 373 g/mol. The predicted octanol–water partition coefficient (Wildman–Crippen LogP) is 1.81. The van der Waals surface area contributed by atoms with Crippen LogP contribution in [0, 0.1) is 5.82 Å². The first-order valence-corrected chi connectivity index (χ1v) is 8.67. The number of halogens is 2. The van der Waals surface area contributed by atoms with Gasteiger partial charge in [0.2, 0.25) is 0 Å². The molecule has 0 spiro atoms. The second-order valence-corrected chi connectivity index (χ2v) is 6.40. The number of benzene rings is 1. The van der Waals surface area contributed by atoms with Gasteiger partial charge in [-0.15, -0.1) is 10.2 Å². The largest absolute Gasteiger partial charge is 0.368 e. The average molecular weight is 388 g/mol.